The maximum Gasteiger partial charge on any atom is 0.410 e. The number of piperidine rings is 1. The van der Waals surface area contributed by atoms with Crippen LogP contribution in [0.15, 0.2) is 0 Å². The van der Waals surface area contributed by atoms with Crippen LogP contribution in [-0.2, 0) is 9.53 Å². The summed E-state index contributed by atoms with van der Waals surface area (Å²) in [5.74, 6) is 0.153. The van der Waals surface area contributed by atoms with E-state index in [0.717, 1.165) is 39.0 Å². The Hall–Kier alpha value is -1.30. The second kappa shape index (κ2) is 7.99. The van der Waals surface area contributed by atoms with E-state index in [9.17, 15) is 9.59 Å². The predicted molar refractivity (Wildman–Crippen MR) is 89.2 cm³/mol. The molecule has 0 aromatic rings. The maximum atomic E-state index is 12.2. The molecular weight excluding hydrogens is 294 g/mol. The van der Waals surface area contributed by atoms with Crippen LogP contribution in [0.3, 0.4) is 0 Å². The lowest BCUT2D eigenvalue weighted by atomic mass is 9.96. The molecule has 0 aromatic heterocycles. The molecule has 0 spiro atoms. The Bertz CT molecular complexity index is 406. The van der Waals surface area contributed by atoms with Gasteiger partial charge in [-0.15, -0.1) is 0 Å². The first kappa shape index (κ1) is 18.0. The van der Waals surface area contributed by atoms with Crippen LogP contribution >= 0.6 is 0 Å². The molecule has 2 rings (SSSR count). The van der Waals surface area contributed by atoms with Gasteiger partial charge in [-0.1, -0.05) is 0 Å². The van der Waals surface area contributed by atoms with Crippen molar-refractivity contribution in [3.8, 4) is 0 Å². The molecule has 0 saturated carbocycles. The zero-order valence-corrected chi connectivity index (χ0v) is 14.8. The van der Waals surface area contributed by atoms with Gasteiger partial charge in [-0.25, -0.2) is 4.79 Å². The minimum Gasteiger partial charge on any atom is -0.444 e. The molecule has 2 saturated heterocycles. The first-order chi connectivity index (χ1) is 10.8. The number of hydrogen-bond donors (Lipinski definition) is 1. The fourth-order valence-corrected chi connectivity index (χ4v) is 3.14. The van der Waals surface area contributed by atoms with Gasteiger partial charge in [-0.3, -0.25) is 4.79 Å². The molecule has 2 fully saturated rings. The Labute approximate surface area is 139 Å². The molecule has 0 radical (unpaired) electrons. The van der Waals surface area contributed by atoms with Crippen LogP contribution < -0.4 is 5.32 Å². The van der Waals surface area contributed by atoms with E-state index in [1.165, 1.54) is 12.8 Å². The van der Waals surface area contributed by atoms with Crippen molar-refractivity contribution >= 4 is 12.0 Å². The highest BCUT2D eigenvalue weighted by atomic mass is 16.6. The summed E-state index contributed by atoms with van der Waals surface area (Å²) in [5, 5.41) is 3.05. The fourth-order valence-electron chi connectivity index (χ4n) is 3.14. The molecule has 6 nitrogen and oxygen atoms in total. The Morgan fingerprint density at radius 2 is 1.70 bits per heavy atom. The van der Waals surface area contributed by atoms with Crippen molar-refractivity contribution in [1.29, 1.82) is 0 Å². The van der Waals surface area contributed by atoms with Gasteiger partial charge in [0.25, 0.3) is 0 Å². The number of hydrogen-bond acceptors (Lipinski definition) is 4. The first-order valence-electron chi connectivity index (χ1n) is 8.83. The minimum absolute atomic E-state index is 0.0206. The summed E-state index contributed by atoms with van der Waals surface area (Å²) in [5.41, 5.74) is -0.471. The van der Waals surface area contributed by atoms with E-state index >= 15 is 0 Å². The third-order valence-corrected chi connectivity index (χ3v) is 4.44. The molecule has 2 aliphatic heterocycles. The van der Waals surface area contributed by atoms with Crippen LogP contribution in [0.2, 0.25) is 0 Å². The number of rotatable bonds is 4. The van der Waals surface area contributed by atoms with Crippen LogP contribution in [0.1, 0.15) is 46.5 Å². The standard InChI is InChI=1S/C17H31N3O3/c1-17(2,3)23-16(22)20-11-6-14(7-12-20)15(21)18-8-13-19-9-4-5-10-19/h14H,4-13H2,1-3H3,(H,18,21). The molecule has 2 aliphatic rings. The molecular formula is C17H31N3O3. The van der Waals surface area contributed by atoms with Crippen molar-refractivity contribution in [2.24, 2.45) is 5.92 Å². The first-order valence-corrected chi connectivity index (χ1v) is 8.83. The highest BCUT2D eigenvalue weighted by Gasteiger charge is 2.29. The topological polar surface area (TPSA) is 61.9 Å². The normalized spacial score (nSPS) is 20.6. The fraction of sp³-hybridized carbons (Fsp3) is 0.882. The van der Waals surface area contributed by atoms with E-state index in [2.05, 4.69) is 10.2 Å². The Balaban J connectivity index is 1.65. The highest BCUT2D eigenvalue weighted by Crippen LogP contribution is 2.19. The molecule has 0 aromatic carbocycles. The zero-order valence-electron chi connectivity index (χ0n) is 14.8. The number of carbonyl (C=O) groups excluding carboxylic acids is 2. The van der Waals surface area contributed by atoms with Crippen LogP contribution in [0, 0.1) is 5.92 Å². The molecule has 0 bridgehead atoms. The van der Waals surface area contributed by atoms with Crippen molar-refractivity contribution in [1.82, 2.24) is 15.1 Å². The zero-order chi connectivity index (χ0) is 16.9. The van der Waals surface area contributed by atoms with E-state index in [0.29, 0.717) is 13.1 Å². The average Bonchev–Trinajstić information content (AvgIpc) is 2.99. The molecule has 0 atom stereocenters. The minimum atomic E-state index is -0.471. The van der Waals surface area contributed by atoms with Gasteiger partial charge in [0, 0.05) is 32.1 Å². The summed E-state index contributed by atoms with van der Waals surface area (Å²) in [4.78, 5) is 28.3. The van der Waals surface area contributed by atoms with Crippen LogP contribution in [0.25, 0.3) is 0 Å². The van der Waals surface area contributed by atoms with E-state index < -0.39 is 5.60 Å². The van der Waals surface area contributed by atoms with Gasteiger partial charge in [0.05, 0.1) is 0 Å². The molecule has 1 N–H and O–H groups in total. The van der Waals surface area contributed by atoms with Gasteiger partial charge in [-0.2, -0.15) is 0 Å². The van der Waals surface area contributed by atoms with E-state index in [1.54, 1.807) is 4.90 Å². The Kier molecular flexibility index (Phi) is 6.27. The quantitative estimate of drug-likeness (QED) is 0.857. The largest absolute Gasteiger partial charge is 0.444 e. The van der Waals surface area contributed by atoms with Gasteiger partial charge >= 0.3 is 6.09 Å². The van der Waals surface area contributed by atoms with Crippen molar-refractivity contribution in [3.63, 3.8) is 0 Å². The third-order valence-electron chi connectivity index (χ3n) is 4.44. The Morgan fingerprint density at radius 1 is 1.09 bits per heavy atom. The van der Waals surface area contributed by atoms with E-state index in [4.69, 9.17) is 4.74 Å². The number of ether oxygens (including phenoxy) is 1. The summed E-state index contributed by atoms with van der Waals surface area (Å²) < 4.78 is 5.38. The number of amides is 2. The van der Waals surface area contributed by atoms with Crippen LogP contribution in [-0.4, -0.2) is 66.7 Å². The molecule has 2 heterocycles. The van der Waals surface area contributed by atoms with Gasteiger partial charge in [0.1, 0.15) is 5.60 Å². The third kappa shape index (κ3) is 6.01. The lowest BCUT2D eigenvalue weighted by Gasteiger charge is -2.33. The molecule has 6 heteroatoms. The maximum absolute atomic E-state index is 12.2. The van der Waals surface area contributed by atoms with Crippen LogP contribution in [0.4, 0.5) is 4.79 Å². The number of likely N-dealkylation sites (tertiary alicyclic amines) is 2. The number of carbonyl (C=O) groups is 2. The van der Waals surface area contributed by atoms with Gasteiger partial charge < -0.3 is 19.9 Å². The molecule has 2 amide bonds. The summed E-state index contributed by atoms with van der Waals surface area (Å²) in [6, 6.07) is 0. The summed E-state index contributed by atoms with van der Waals surface area (Å²) in [6.45, 7) is 10.8. The second-order valence-corrected chi connectivity index (χ2v) is 7.58. The monoisotopic (exact) mass is 325 g/mol. The summed E-state index contributed by atoms with van der Waals surface area (Å²) in [7, 11) is 0. The summed E-state index contributed by atoms with van der Waals surface area (Å²) >= 11 is 0. The van der Waals surface area contributed by atoms with E-state index in [-0.39, 0.29) is 17.9 Å². The Morgan fingerprint density at radius 3 is 2.26 bits per heavy atom. The predicted octanol–water partition coefficient (Wildman–Crippen LogP) is 1.85. The molecule has 132 valence electrons. The molecule has 0 unspecified atom stereocenters. The van der Waals surface area contributed by atoms with Crippen molar-refractivity contribution in [2.75, 3.05) is 39.3 Å². The van der Waals surface area contributed by atoms with Gasteiger partial charge in [0.15, 0.2) is 0 Å². The van der Waals surface area contributed by atoms with Crippen molar-refractivity contribution in [2.45, 2.75) is 52.1 Å². The highest BCUT2D eigenvalue weighted by molar-refractivity contribution is 5.79. The molecule has 0 aliphatic carbocycles. The summed E-state index contributed by atoms with van der Waals surface area (Å²) in [6.07, 6.45) is 3.71. The van der Waals surface area contributed by atoms with Gasteiger partial charge in [0.2, 0.25) is 5.91 Å². The lowest BCUT2D eigenvalue weighted by Crippen LogP contribution is -2.45. The lowest BCUT2D eigenvalue weighted by molar-refractivity contribution is -0.126. The van der Waals surface area contributed by atoms with E-state index in [1.807, 2.05) is 20.8 Å². The van der Waals surface area contributed by atoms with Crippen molar-refractivity contribution < 1.29 is 14.3 Å². The van der Waals surface area contributed by atoms with Crippen LogP contribution in [0.5, 0.6) is 0 Å². The second-order valence-electron chi connectivity index (χ2n) is 7.58. The molecule has 23 heavy (non-hydrogen) atoms. The average molecular weight is 325 g/mol. The van der Waals surface area contributed by atoms with Gasteiger partial charge in [-0.05, 0) is 59.5 Å². The number of nitrogens with zero attached hydrogens (tertiary/aromatic N) is 2. The van der Waals surface area contributed by atoms with Crippen molar-refractivity contribution in [3.05, 3.63) is 0 Å². The smallest absolute Gasteiger partial charge is 0.410 e. The number of nitrogens with one attached hydrogen (secondary N) is 1. The SMILES string of the molecule is CC(C)(C)OC(=O)N1CCC(C(=O)NCCN2CCCC2)CC1.